The number of amides is 1. The van der Waals surface area contributed by atoms with Crippen molar-refractivity contribution in [1.82, 2.24) is 10.6 Å². The Bertz CT molecular complexity index is 701. The summed E-state index contributed by atoms with van der Waals surface area (Å²) in [5.74, 6) is 0.505. The average Bonchev–Trinajstić information content (AvgIpc) is 3.07. The van der Waals surface area contributed by atoms with Crippen LogP contribution in [0.5, 0.6) is 0 Å². The number of rotatable bonds is 6. The molecule has 7 heteroatoms. The standard InChI is InChI=1S/C17H21BrN4OS/c1-12-5-6-13(18)10-15(12)22-16(23)11-21-17(19-2)20-8-7-14-4-3-9-24-14/h3-6,9-10H,7-8,11H2,1-2H3,(H,22,23)(H2,19,20,21). The lowest BCUT2D eigenvalue weighted by atomic mass is 10.2. The molecule has 2 rings (SSSR count). The smallest absolute Gasteiger partial charge is 0.243 e. The van der Waals surface area contributed by atoms with Crippen LogP contribution in [0.1, 0.15) is 10.4 Å². The van der Waals surface area contributed by atoms with Crippen LogP contribution in [0, 0.1) is 6.92 Å². The summed E-state index contributed by atoms with van der Waals surface area (Å²) in [5, 5.41) is 11.2. The molecule has 0 bridgehead atoms. The average molecular weight is 409 g/mol. The van der Waals surface area contributed by atoms with Gasteiger partial charge in [0.25, 0.3) is 0 Å². The number of hydrogen-bond acceptors (Lipinski definition) is 3. The normalized spacial score (nSPS) is 11.2. The molecule has 0 aliphatic rings. The lowest BCUT2D eigenvalue weighted by Gasteiger charge is -2.13. The molecule has 0 unspecified atom stereocenters. The molecule has 0 atom stereocenters. The fourth-order valence-corrected chi connectivity index (χ4v) is 3.14. The summed E-state index contributed by atoms with van der Waals surface area (Å²) in [6.07, 6.45) is 0.932. The maximum Gasteiger partial charge on any atom is 0.243 e. The summed E-state index contributed by atoms with van der Waals surface area (Å²) < 4.78 is 0.933. The van der Waals surface area contributed by atoms with Crippen LogP contribution in [0.3, 0.4) is 0 Å². The van der Waals surface area contributed by atoms with Crippen molar-refractivity contribution in [2.45, 2.75) is 13.3 Å². The molecule has 1 heterocycles. The van der Waals surface area contributed by atoms with E-state index in [1.807, 2.05) is 31.2 Å². The Morgan fingerprint density at radius 1 is 1.29 bits per heavy atom. The Morgan fingerprint density at radius 3 is 2.83 bits per heavy atom. The van der Waals surface area contributed by atoms with Crippen LogP contribution in [-0.4, -0.2) is 32.0 Å². The van der Waals surface area contributed by atoms with Crippen LogP contribution in [0.4, 0.5) is 5.69 Å². The third-order valence-corrected chi connectivity index (χ3v) is 4.79. The van der Waals surface area contributed by atoms with Crippen molar-refractivity contribution in [2.24, 2.45) is 4.99 Å². The Morgan fingerprint density at radius 2 is 2.12 bits per heavy atom. The van der Waals surface area contributed by atoms with Gasteiger partial charge in [0, 0.05) is 28.6 Å². The second-order valence-electron chi connectivity index (χ2n) is 5.19. The number of thiophene rings is 1. The summed E-state index contributed by atoms with van der Waals surface area (Å²) in [6, 6.07) is 9.94. The number of halogens is 1. The van der Waals surface area contributed by atoms with E-state index in [0.717, 1.165) is 28.7 Å². The minimum Gasteiger partial charge on any atom is -0.356 e. The fourth-order valence-electron chi connectivity index (χ4n) is 2.07. The Hall–Kier alpha value is -1.86. The lowest BCUT2D eigenvalue weighted by Crippen LogP contribution is -2.42. The zero-order chi connectivity index (χ0) is 17.4. The summed E-state index contributed by atoms with van der Waals surface area (Å²) in [4.78, 5) is 17.5. The van der Waals surface area contributed by atoms with Crippen molar-refractivity contribution >= 4 is 44.8 Å². The first-order valence-electron chi connectivity index (χ1n) is 7.61. The zero-order valence-corrected chi connectivity index (χ0v) is 16.1. The Balaban J connectivity index is 1.75. The SMILES string of the molecule is CN=C(NCCc1cccs1)NCC(=O)Nc1cc(Br)ccc1C. The molecule has 2 aromatic rings. The largest absolute Gasteiger partial charge is 0.356 e. The number of anilines is 1. The van der Waals surface area contributed by atoms with E-state index in [-0.39, 0.29) is 12.5 Å². The van der Waals surface area contributed by atoms with Crippen LogP contribution in [-0.2, 0) is 11.2 Å². The number of nitrogens with one attached hydrogen (secondary N) is 3. The van der Waals surface area contributed by atoms with Gasteiger partial charge < -0.3 is 16.0 Å². The Kier molecular flexibility index (Phi) is 7.27. The highest BCUT2D eigenvalue weighted by atomic mass is 79.9. The van der Waals surface area contributed by atoms with Crippen molar-refractivity contribution < 1.29 is 4.79 Å². The van der Waals surface area contributed by atoms with Gasteiger partial charge in [-0.15, -0.1) is 11.3 Å². The molecule has 0 fully saturated rings. The van der Waals surface area contributed by atoms with Crippen molar-refractivity contribution in [3.05, 3.63) is 50.6 Å². The van der Waals surface area contributed by atoms with Gasteiger partial charge in [-0.05, 0) is 42.5 Å². The van der Waals surface area contributed by atoms with Gasteiger partial charge in [0.15, 0.2) is 5.96 Å². The van der Waals surface area contributed by atoms with Gasteiger partial charge in [0.05, 0.1) is 6.54 Å². The van der Waals surface area contributed by atoms with E-state index >= 15 is 0 Å². The van der Waals surface area contributed by atoms with Crippen LogP contribution >= 0.6 is 27.3 Å². The van der Waals surface area contributed by atoms with Gasteiger partial charge in [-0.1, -0.05) is 28.1 Å². The first-order valence-corrected chi connectivity index (χ1v) is 9.28. The van der Waals surface area contributed by atoms with E-state index in [1.165, 1.54) is 4.88 Å². The predicted octanol–water partition coefficient (Wildman–Crippen LogP) is 3.17. The molecule has 0 saturated carbocycles. The number of nitrogens with zero attached hydrogens (tertiary/aromatic N) is 1. The maximum absolute atomic E-state index is 12.1. The molecular weight excluding hydrogens is 388 g/mol. The van der Waals surface area contributed by atoms with Crippen LogP contribution < -0.4 is 16.0 Å². The van der Waals surface area contributed by atoms with Crippen LogP contribution in [0.15, 0.2) is 45.2 Å². The van der Waals surface area contributed by atoms with Crippen molar-refractivity contribution in [1.29, 1.82) is 0 Å². The minimum atomic E-state index is -0.114. The van der Waals surface area contributed by atoms with Gasteiger partial charge in [0.1, 0.15) is 0 Å². The van der Waals surface area contributed by atoms with Crippen LogP contribution in [0.2, 0.25) is 0 Å². The molecule has 128 valence electrons. The van der Waals surface area contributed by atoms with Gasteiger partial charge in [-0.3, -0.25) is 9.79 Å². The molecule has 1 aromatic heterocycles. The molecule has 0 aliphatic heterocycles. The molecule has 5 nitrogen and oxygen atoms in total. The topological polar surface area (TPSA) is 65.5 Å². The highest BCUT2D eigenvalue weighted by Gasteiger charge is 2.06. The van der Waals surface area contributed by atoms with E-state index in [1.54, 1.807) is 18.4 Å². The monoisotopic (exact) mass is 408 g/mol. The molecule has 24 heavy (non-hydrogen) atoms. The highest BCUT2D eigenvalue weighted by Crippen LogP contribution is 2.20. The van der Waals surface area contributed by atoms with E-state index in [0.29, 0.717) is 5.96 Å². The quantitative estimate of drug-likeness (QED) is 0.507. The molecule has 0 aliphatic carbocycles. The number of aryl methyl sites for hydroxylation is 1. The molecule has 0 saturated heterocycles. The van der Waals surface area contributed by atoms with Crippen molar-refractivity contribution in [2.75, 3.05) is 25.5 Å². The summed E-state index contributed by atoms with van der Waals surface area (Å²) >= 11 is 5.15. The van der Waals surface area contributed by atoms with Gasteiger partial charge in [-0.2, -0.15) is 0 Å². The number of hydrogen-bond donors (Lipinski definition) is 3. The first kappa shape index (κ1) is 18.5. The molecule has 1 amide bonds. The van der Waals surface area contributed by atoms with Gasteiger partial charge in [0.2, 0.25) is 5.91 Å². The second-order valence-corrected chi connectivity index (χ2v) is 7.14. The predicted molar refractivity (Wildman–Crippen MR) is 105 cm³/mol. The van der Waals surface area contributed by atoms with E-state index in [4.69, 9.17) is 0 Å². The molecular formula is C17H21BrN4OS. The summed E-state index contributed by atoms with van der Waals surface area (Å²) in [6.45, 7) is 2.89. The molecule has 0 radical (unpaired) electrons. The number of carbonyl (C=O) groups is 1. The van der Waals surface area contributed by atoms with Gasteiger partial charge in [-0.25, -0.2) is 0 Å². The number of guanidine groups is 1. The second kappa shape index (κ2) is 9.44. The zero-order valence-electron chi connectivity index (χ0n) is 13.7. The minimum absolute atomic E-state index is 0.114. The number of benzene rings is 1. The van der Waals surface area contributed by atoms with E-state index < -0.39 is 0 Å². The van der Waals surface area contributed by atoms with Crippen molar-refractivity contribution in [3.63, 3.8) is 0 Å². The number of carbonyl (C=O) groups excluding carboxylic acids is 1. The number of aliphatic imine (C=N–C) groups is 1. The third-order valence-electron chi connectivity index (χ3n) is 3.36. The molecule has 1 aromatic carbocycles. The van der Waals surface area contributed by atoms with Gasteiger partial charge >= 0.3 is 0 Å². The van der Waals surface area contributed by atoms with E-state index in [2.05, 4.69) is 48.3 Å². The summed E-state index contributed by atoms with van der Waals surface area (Å²) in [7, 11) is 1.69. The Labute approximate surface area is 154 Å². The molecule has 3 N–H and O–H groups in total. The fraction of sp³-hybridized carbons (Fsp3) is 0.294. The maximum atomic E-state index is 12.1. The lowest BCUT2D eigenvalue weighted by molar-refractivity contribution is -0.115. The first-order chi connectivity index (χ1) is 11.6. The molecule has 0 spiro atoms. The summed E-state index contributed by atoms with van der Waals surface area (Å²) in [5.41, 5.74) is 1.82. The van der Waals surface area contributed by atoms with Crippen LogP contribution in [0.25, 0.3) is 0 Å². The highest BCUT2D eigenvalue weighted by molar-refractivity contribution is 9.10. The van der Waals surface area contributed by atoms with Crippen molar-refractivity contribution in [3.8, 4) is 0 Å². The van der Waals surface area contributed by atoms with E-state index in [9.17, 15) is 4.79 Å². The third kappa shape index (κ3) is 5.98.